The summed E-state index contributed by atoms with van der Waals surface area (Å²) in [6, 6.07) is 14.4. The Hall–Kier alpha value is -2.25. The first-order valence-corrected chi connectivity index (χ1v) is 9.64. The van der Waals surface area contributed by atoms with E-state index in [1.165, 1.54) is 28.6 Å². The van der Waals surface area contributed by atoms with Crippen molar-refractivity contribution in [1.29, 1.82) is 0 Å². The number of sulfonamides is 1. The van der Waals surface area contributed by atoms with Crippen molar-refractivity contribution >= 4 is 15.7 Å². The number of non-ortho nitro benzene ring substituents is 1. The molecular formula is C18H20N2O4S. The summed E-state index contributed by atoms with van der Waals surface area (Å²) in [6.45, 7) is 2.22. The van der Waals surface area contributed by atoms with E-state index in [2.05, 4.69) is 0 Å². The van der Waals surface area contributed by atoms with Gasteiger partial charge in [0.25, 0.3) is 5.69 Å². The molecule has 0 amide bonds. The van der Waals surface area contributed by atoms with Gasteiger partial charge in [0, 0.05) is 24.7 Å². The number of hydrogen-bond donors (Lipinski definition) is 0. The van der Waals surface area contributed by atoms with E-state index >= 15 is 0 Å². The summed E-state index contributed by atoms with van der Waals surface area (Å²) in [6.07, 6.45) is 2.06. The predicted octanol–water partition coefficient (Wildman–Crippen LogP) is 3.58. The van der Waals surface area contributed by atoms with Gasteiger partial charge in [0.15, 0.2) is 0 Å². The summed E-state index contributed by atoms with van der Waals surface area (Å²) in [5.74, 6) is 0.372. The number of nitro groups is 1. The topological polar surface area (TPSA) is 80.5 Å². The fourth-order valence-electron chi connectivity index (χ4n) is 2.90. The highest BCUT2D eigenvalue weighted by Crippen LogP contribution is 2.38. The first kappa shape index (κ1) is 17.6. The average Bonchev–Trinajstić information content (AvgIpc) is 3.45. The molecule has 0 aliphatic heterocycles. The zero-order chi connectivity index (χ0) is 18.0. The maximum Gasteiger partial charge on any atom is 0.269 e. The van der Waals surface area contributed by atoms with E-state index in [0.717, 1.165) is 18.4 Å². The van der Waals surface area contributed by atoms with E-state index in [1.54, 1.807) is 0 Å². The zero-order valence-corrected chi connectivity index (χ0v) is 14.7. The average molecular weight is 360 g/mol. The van der Waals surface area contributed by atoms with Gasteiger partial charge >= 0.3 is 0 Å². The molecule has 2 aromatic rings. The maximum atomic E-state index is 13.1. The van der Waals surface area contributed by atoms with E-state index in [1.807, 2.05) is 37.3 Å². The molecule has 6 nitrogen and oxygen atoms in total. The quantitative estimate of drug-likeness (QED) is 0.558. The molecule has 0 saturated heterocycles. The Balaban J connectivity index is 1.94. The number of nitro benzene ring substituents is 1. The summed E-state index contributed by atoms with van der Waals surface area (Å²) in [5.41, 5.74) is 0.796. The van der Waals surface area contributed by atoms with Crippen LogP contribution in [0, 0.1) is 16.0 Å². The molecule has 0 radical (unpaired) electrons. The van der Waals surface area contributed by atoms with Crippen LogP contribution >= 0.6 is 0 Å². The van der Waals surface area contributed by atoms with Crippen LogP contribution in [-0.2, 0) is 16.6 Å². The number of benzene rings is 2. The Morgan fingerprint density at radius 3 is 2.24 bits per heavy atom. The van der Waals surface area contributed by atoms with Gasteiger partial charge in [-0.3, -0.25) is 10.1 Å². The summed E-state index contributed by atoms with van der Waals surface area (Å²) in [7, 11) is -3.74. The van der Waals surface area contributed by atoms with Gasteiger partial charge in [-0.05, 0) is 43.4 Å². The molecule has 0 heterocycles. The minimum absolute atomic E-state index is 0.0848. The summed E-state index contributed by atoms with van der Waals surface area (Å²) < 4.78 is 27.8. The number of hydrogen-bond acceptors (Lipinski definition) is 4. The zero-order valence-electron chi connectivity index (χ0n) is 13.9. The Morgan fingerprint density at radius 1 is 1.12 bits per heavy atom. The van der Waals surface area contributed by atoms with E-state index in [0.29, 0.717) is 5.92 Å². The summed E-state index contributed by atoms with van der Waals surface area (Å²) in [5, 5.41) is 10.8. The third kappa shape index (κ3) is 3.88. The van der Waals surface area contributed by atoms with Gasteiger partial charge in [0.05, 0.1) is 9.82 Å². The second-order valence-corrected chi connectivity index (χ2v) is 8.26. The molecule has 0 aromatic heterocycles. The smallest absolute Gasteiger partial charge is 0.258 e. The standard InChI is InChI=1S/C18H20N2O4S/c1-14(16-7-8-16)19(13-15-5-3-2-4-6-15)25(23,24)18-11-9-17(10-12-18)20(21)22/h2-6,9-12,14,16H,7-8,13H2,1H3/t14-/m0/s1. The first-order valence-electron chi connectivity index (χ1n) is 8.20. The van der Waals surface area contributed by atoms with Crippen LogP contribution in [-0.4, -0.2) is 23.7 Å². The lowest BCUT2D eigenvalue weighted by Gasteiger charge is -2.28. The molecule has 0 N–H and O–H groups in total. The van der Waals surface area contributed by atoms with E-state index in [4.69, 9.17) is 0 Å². The minimum atomic E-state index is -3.74. The van der Waals surface area contributed by atoms with Gasteiger partial charge in [-0.1, -0.05) is 30.3 Å². The summed E-state index contributed by atoms with van der Waals surface area (Å²) in [4.78, 5) is 10.3. The van der Waals surface area contributed by atoms with Gasteiger partial charge < -0.3 is 0 Å². The Bertz CT molecular complexity index is 846. The highest BCUT2D eigenvalue weighted by Gasteiger charge is 2.38. The fraction of sp³-hybridized carbons (Fsp3) is 0.333. The van der Waals surface area contributed by atoms with Crippen LogP contribution < -0.4 is 0 Å². The van der Waals surface area contributed by atoms with E-state index < -0.39 is 14.9 Å². The molecule has 1 aliphatic rings. The van der Waals surface area contributed by atoms with Crippen molar-refractivity contribution in [3.63, 3.8) is 0 Å². The minimum Gasteiger partial charge on any atom is -0.258 e. The molecule has 1 fully saturated rings. The van der Waals surface area contributed by atoms with Crippen molar-refractivity contribution in [3.05, 3.63) is 70.3 Å². The maximum absolute atomic E-state index is 13.1. The highest BCUT2D eigenvalue weighted by atomic mass is 32.2. The van der Waals surface area contributed by atoms with Crippen molar-refractivity contribution in [1.82, 2.24) is 4.31 Å². The molecule has 0 unspecified atom stereocenters. The normalized spacial score (nSPS) is 15.9. The van der Waals surface area contributed by atoms with Crippen molar-refractivity contribution in [3.8, 4) is 0 Å². The largest absolute Gasteiger partial charge is 0.269 e. The molecule has 132 valence electrons. The summed E-state index contributed by atoms with van der Waals surface area (Å²) >= 11 is 0. The monoisotopic (exact) mass is 360 g/mol. The van der Waals surface area contributed by atoms with Gasteiger partial charge in [0.1, 0.15) is 0 Å². The lowest BCUT2D eigenvalue weighted by atomic mass is 10.2. The molecule has 7 heteroatoms. The molecule has 3 rings (SSSR count). The van der Waals surface area contributed by atoms with Gasteiger partial charge in [-0.2, -0.15) is 4.31 Å². The number of rotatable bonds is 7. The predicted molar refractivity (Wildman–Crippen MR) is 94.5 cm³/mol. The Labute approximate surface area is 147 Å². The van der Waals surface area contributed by atoms with Gasteiger partial charge in [0.2, 0.25) is 10.0 Å². The van der Waals surface area contributed by atoms with Crippen LogP contribution in [0.2, 0.25) is 0 Å². The Kier molecular flexibility index (Phi) is 4.87. The van der Waals surface area contributed by atoms with Crippen LogP contribution in [0.5, 0.6) is 0 Å². The molecule has 2 aromatic carbocycles. The lowest BCUT2D eigenvalue weighted by Crippen LogP contribution is -2.39. The molecule has 1 aliphatic carbocycles. The molecular weight excluding hydrogens is 340 g/mol. The third-order valence-electron chi connectivity index (χ3n) is 4.59. The molecule has 0 bridgehead atoms. The van der Waals surface area contributed by atoms with Crippen molar-refractivity contribution in [2.24, 2.45) is 5.92 Å². The third-order valence-corrected chi connectivity index (χ3v) is 6.54. The van der Waals surface area contributed by atoms with Gasteiger partial charge in [-0.25, -0.2) is 8.42 Å². The van der Waals surface area contributed by atoms with Crippen LogP contribution in [0.25, 0.3) is 0 Å². The van der Waals surface area contributed by atoms with Crippen LogP contribution in [0.1, 0.15) is 25.3 Å². The molecule has 1 saturated carbocycles. The van der Waals surface area contributed by atoms with Crippen LogP contribution in [0.15, 0.2) is 59.5 Å². The first-order chi connectivity index (χ1) is 11.9. The second kappa shape index (κ2) is 6.93. The highest BCUT2D eigenvalue weighted by molar-refractivity contribution is 7.89. The molecule has 25 heavy (non-hydrogen) atoms. The second-order valence-electron chi connectivity index (χ2n) is 6.36. The number of nitrogens with zero attached hydrogens (tertiary/aromatic N) is 2. The van der Waals surface area contributed by atoms with Crippen LogP contribution in [0.4, 0.5) is 5.69 Å². The van der Waals surface area contributed by atoms with Crippen molar-refractivity contribution in [2.45, 2.75) is 37.2 Å². The Morgan fingerprint density at radius 2 is 1.72 bits per heavy atom. The molecule has 1 atom stereocenters. The lowest BCUT2D eigenvalue weighted by molar-refractivity contribution is -0.384. The van der Waals surface area contributed by atoms with E-state index in [-0.39, 0.29) is 23.2 Å². The van der Waals surface area contributed by atoms with E-state index in [9.17, 15) is 18.5 Å². The van der Waals surface area contributed by atoms with Gasteiger partial charge in [-0.15, -0.1) is 0 Å². The van der Waals surface area contributed by atoms with Crippen molar-refractivity contribution in [2.75, 3.05) is 0 Å². The van der Waals surface area contributed by atoms with Crippen LogP contribution in [0.3, 0.4) is 0 Å². The van der Waals surface area contributed by atoms with Crippen molar-refractivity contribution < 1.29 is 13.3 Å². The molecule has 0 spiro atoms. The fourth-order valence-corrected chi connectivity index (χ4v) is 4.58. The SMILES string of the molecule is C[C@@H](C1CC1)N(Cc1ccccc1)S(=O)(=O)c1ccc([N+](=O)[O-])cc1.